The fraction of sp³-hybridized carbons (Fsp3) is 0.271. The zero-order chi connectivity index (χ0) is 44.6. The van der Waals surface area contributed by atoms with E-state index in [1.165, 1.54) is 29.8 Å². The van der Waals surface area contributed by atoms with E-state index in [0.717, 1.165) is 38.3 Å². The third-order valence-corrected chi connectivity index (χ3v) is 12.3. The molecule has 8 rings (SSSR count). The maximum absolute atomic E-state index is 14.3. The van der Waals surface area contributed by atoms with E-state index < -0.39 is 17.9 Å². The maximum Gasteiger partial charge on any atom is 0.345 e. The summed E-state index contributed by atoms with van der Waals surface area (Å²) in [6.45, 7) is 7.31. The van der Waals surface area contributed by atoms with Gasteiger partial charge in [-0.1, -0.05) is 54.1 Å². The number of hydrogen-bond acceptors (Lipinski definition) is 13. The Hall–Kier alpha value is -6.39. The Morgan fingerprint density at radius 2 is 1.64 bits per heavy atom. The van der Waals surface area contributed by atoms with E-state index in [2.05, 4.69) is 31.8 Å². The molecule has 1 fully saturated rings. The molecule has 0 spiro atoms. The molecule has 0 bridgehead atoms. The van der Waals surface area contributed by atoms with E-state index in [0.29, 0.717) is 78.5 Å². The van der Waals surface area contributed by atoms with Crippen LogP contribution < -0.4 is 23.7 Å². The molecule has 4 aromatic carbocycles. The van der Waals surface area contributed by atoms with Gasteiger partial charge in [0.1, 0.15) is 58.2 Å². The van der Waals surface area contributed by atoms with Gasteiger partial charge >= 0.3 is 5.97 Å². The highest BCUT2D eigenvalue weighted by Crippen LogP contribution is 2.52. The van der Waals surface area contributed by atoms with E-state index >= 15 is 0 Å². The van der Waals surface area contributed by atoms with Crippen molar-refractivity contribution in [3.05, 3.63) is 126 Å². The van der Waals surface area contributed by atoms with E-state index in [1.54, 1.807) is 55.8 Å². The van der Waals surface area contributed by atoms with E-state index in [9.17, 15) is 14.3 Å². The van der Waals surface area contributed by atoms with Gasteiger partial charge in [0.15, 0.2) is 5.82 Å². The van der Waals surface area contributed by atoms with Gasteiger partial charge in [-0.3, -0.25) is 4.90 Å². The Bertz CT molecular complexity index is 2730. The number of likely N-dealkylation sites (N-methyl/N-ethyl adjacent to an activating group) is 1. The van der Waals surface area contributed by atoms with Crippen LogP contribution >= 0.6 is 22.9 Å². The first-order valence-corrected chi connectivity index (χ1v) is 22.0. The molecule has 0 saturated carbocycles. The Kier molecular flexibility index (Phi) is 14.1. The Balaban J connectivity index is 1.11. The fourth-order valence-electron chi connectivity index (χ4n) is 7.46. The lowest BCUT2D eigenvalue weighted by Gasteiger charge is -2.32. The number of aromatic nitrogens is 4. The van der Waals surface area contributed by atoms with Crippen LogP contribution in [-0.4, -0.2) is 107 Å². The van der Waals surface area contributed by atoms with Gasteiger partial charge in [0.2, 0.25) is 12.0 Å². The molecule has 1 atom stereocenters. The minimum atomic E-state index is -1.41. The summed E-state index contributed by atoms with van der Waals surface area (Å²) in [6.07, 6.45) is 1.50. The highest BCUT2D eigenvalue weighted by molar-refractivity contribution is 7.22. The molecule has 1 aliphatic rings. The van der Waals surface area contributed by atoms with E-state index in [-0.39, 0.29) is 30.5 Å². The third kappa shape index (κ3) is 10.0. The smallest absolute Gasteiger partial charge is 0.345 e. The number of hydrogen-bond donors (Lipinski definition) is 1. The van der Waals surface area contributed by atoms with Crippen LogP contribution in [0.2, 0.25) is 5.02 Å². The van der Waals surface area contributed by atoms with Crippen molar-refractivity contribution in [1.29, 1.82) is 0 Å². The summed E-state index contributed by atoms with van der Waals surface area (Å²) in [6, 6.07) is 26.2. The molecule has 0 radical (unpaired) electrons. The first-order valence-electron chi connectivity index (χ1n) is 20.8. The van der Waals surface area contributed by atoms with Crippen molar-refractivity contribution in [2.24, 2.45) is 0 Å². The van der Waals surface area contributed by atoms with Crippen molar-refractivity contribution < 1.29 is 38.0 Å². The SMILES string of the molecule is CCOc1c(-c2c(-c3ccc(F)cc3)sc3ncnc(OC(Cc4ccccc4OCc4ccnc(-c5ccccc5OC)n4)C(=O)O)c23)ccc(OCCN2CCN(C)CC2)c1Cl. The van der Waals surface area contributed by atoms with Gasteiger partial charge in [0.25, 0.3) is 0 Å². The van der Waals surface area contributed by atoms with Crippen LogP contribution in [0.5, 0.6) is 28.9 Å². The fourth-order valence-corrected chi connectivity index (χ4v) is 8.89. The van der Waals surface area contributed by atoms with E-state index in [1.807, 2.05) is 43.3 Å². The molecule has 3 aromatic heterocycles. The van der Waals surface area contributed by atoms with Crippen LogP contribution in [0.15, 0.2) is 104 Å². The van der Waals surface area contributed by atoms with Gasteiger partial charge in [-0.25, -0.2) is 29.1 Å². The highest BCUT2D eigenvalue weighted by Gasteiger charge is 2.29. The first-order chi connectivity index (χ1) is 31.2. The van der Waals surface area contributed by atoms with E-state index in [4.69, 9.17) is 40.3 Å². The predicted molar refractivity (Wildman–Crippen MR) is 244 cm³/mol. The van der Waals surface area contributed by atoms with Crippen LogP contribution in [0.4, 0.5) is 4.39 Å². The molecule has 7 aromatic rings. The molecule has 1 saturated heterocycles. The molecular formula is C48H46ClFN6O7S. The number of nitrogens with zero attached hydrogens (tertiary/aromatic N) is 6. The van der Waals surface area contributed by atoms with Crippen molar-refractivity contribution in [3.63, 3.8) is 0 Å². The Morgan fingerprint density at radius 1 is 0.875 bits per heavy atom. The average molecular weight is 905 g/mol. The molecule has 1 unspecified atom stereocenters. The van der Waals surface area contributed by atoms with Gasteiger partial charge in [-0.2, -0.15) is 0 Å². The number of thiophene rings is 1. The highest BCUT2D eigenvalue weighted by atomic mass is 35.5. The van der Waals surface area contributed by atoms with Gasteiger partial charge in [0, 0.05) is 61.3 Å². The molecule has 330 valence electrons. The average Bonchev–Trinajstić information content (AvgIpc) is 3.71. The van der Waals surface area contributed by atoms with Gasteiger partial charge in [-0.05, 0) is 73.6 Å². The number of carboxylic acid groups (broad SMARTS) is 1. The van der Waals surface area contributed by atoms with Crippen LogP contribution in [0.1, 0.15) is 18.2 Å². The Labute approximate surface area is 379 Å². The standard InChI is InChI=1S/C48H46ClFN6O7S/c1-4-60-43-35(17-18-38(42(43)49)61-26-25-56-23-21-55(2)22-24-56)40-41-46(52-29-53-47(41)64-44(40)30-13-15-32(50)16-14-30)63-39(48(57)58)27-31-9-5-7-11-36(31)62-28-33-19-20-51-45(54-33)34-10-6-8-12-37(34)59-3/h5-20,29,39H,4,21-28H2,1-3H3,(H,57,58). The quantitative estimate of drug-likeness (QED) is 0.0877. The van der Waals surface area contributed by atoms with Crippen molar-refractivity contribution in [1.82, 2.24) is 29.7 Å². The topological polar surface area (TPSA) is 141 Å². The van der Waals surface area contributed by atoms with Gasteiger partial charge < -0.3 is 33.7 Å². The van der Waals surface area contributed by atoms with Crippen molar-refractivity contribution >= 4 is 39.1 Å². The normalized spacial score (nSPS) is 13.7. The molecule has 0 amide bonds. The number of benzene rings is 4. The van der Waals surface area contributed by atoms with Gasteiger partial charge in [0.05, 0.1) is 30.4 Å². The van der Waals surface area contributed by atoms with Gasteiger partial charge in [-0.15, -0.1) is 11.3 Å². The minimum Gasteiger partial charge on any atom is -0.496 e. The minimum absolute atomic E-state index is 0.0336. The predicted octanol–water partition coefficient (Wildman–Crippen LogP) is 8.96. The molecule has 1 aliphatic heterocycles. The maximum atomic E-state index is 14.3. The number of para-hydroxylation sites is 2. The van der Waals surface area contributed by atoms with Crippen LogP contribution in [0.3, 0.4) is 0 Å². The number of fused-ring (bicyclic) bond motifs is 1. The summed E-state index contributed by atoms with van der Waals surface area (Å²) in [5.74, 6) is 0.821. The Morgan fingerprint density at radius 3 is 2.41 bits per heavy atom. The van der Waals surface area contributed by atoms with Crippen molar-refractivity contribution in [2.75, 3.05) is 60.1 Å². The van der Waals surface area contributed by atoms with Crippen LogP contribution in [0, 0.1) is 5.82 Å². The molecule has 4 heterocycles. The molecular weight excluding hydrogens is 859 g/mol. The summed E-state index contributed by atoms with van der Waals surface area (Å²) in [5.41, 5.74) is 3.79. The lowest BCUT2D eigenvalue weighted by Crippen LogP contribution is -2.45. The molecule has 13 nitrogen and oxygen atoms in total. The lowest BCUT2D eigenvalue weighted by molar-refractivity contribution is -0.145. The number of aliphatic carboxylic acids is 1. The second kappa shape index (κ2) is 20.4. The number of halogens is 2. The van der Waals surface area contributed by atoms with Crippen LogP contribution in [0.25, 0.3) is 43.2 Å². The number of piperazine rings is 1. The number of ether oxygens (including phenoxy) is 5. The molecule has 1 N–H and O–H groups in total. The number of carboxylic acids is 1. The first kappa shape index (κ1) is 44.2. The zero-order valence-electron chi connectivity index (χ0n) is 35.5. The van der Waals surface area contributed by atoms with Crippen LogP contribution in [-0.2, 0) is 17.8 Å². The second-order valence-corrected chi connectivity index (χ2v) is 16.3. The molecule has 16 heteroatoms. The molecule has 64 heavy (non-hydrogen) atoms. The summed E-state index contributed by atoms with van der Waals surface area (Å²) in [7, 11) is 3.71. The largest absolute Gasteiger partial charge is 0.496 e. The lowest BCUT2D eigenvalue weighted by atomic mass is 9.98. The van der Waals surface area contributed by atoms with Crippen molar-refractivity contribution in [3.8, 4) is 61.8 Å². The summed E-state index contributed by atoms with van der Waals surface area (Å²) in [5, 5.41) is 11.4. The monoisotopic (exact) mass is 904 g/mol. The summed E-state index contributed by atoms with van der Waals surface area (Å²) in [4.78, 5) is 37.2. The zero-order valence-corrected chi connectivity index (χ0v) is 37.1. The summed E-state index contributed by atoms with van der Waals surface area (Å²) < 4.78 is 45.0. The number of rotatable bonds is 18. The molecule has 0 aliphatic carbocycles. The summed E-state index contributed by atoms with van der Waals surface area (Å²) >= 11 is 8.45. The van der Waals surface area contributed by atoms with Crippen molar-refractivity contribution in [2.45, 2.75) is 26.1 Å². The number of carbonyl (C=O) groups is 1. The number of methoxy groups -OCH3 is 1. The third-order valence-electron chi connectivity index (χ3n) is 10.8. The second-order valence-electron chi connectivity index (χ2n) is 15.0.